The summed E-state index contributed by atoms with van der Waals surface area (Å²) >= 11 is 6.16. The maximum Gasteiger partial charge on any atom is 0.255 e. The van der Waals surface area contributed by atoms with Crippen LogP contribution in [0.2, 0.25) is 5.02 Å². The van der Waals surface area contributed by atoms with Gasteiger partial charge >= 0.3 is 0 Å². The van der Waals surface area contributed by atoms with Crippen LogP contribution in [0.25, 0.3) is 0 Å². The molecule has 0 bridgehead atoms. The minimum absolute atomic E-state index is 0.0717. The maximum atomic E-state index is 12.9. The average molecular weight is 346 g/mol. The summed E-state index contributed by atoms with van der Waals surface area (Å²) in [7, 11) is 2.04. The molecule has 126 valence electrons. The van der Waals surface area contributed by atoms with Crippen molar-refractivity contribution in [1.29, 1.82) is 0 Å². The van der Waals surface area contributed by atoms with E-state index in [1.165, 1.54) is 6.20 Å². The molecule has 0 saturated carbocycles. The Hall–Kier alpha value is -2.27. The lowest BCUT2D eigenvalue weighted by molar-refractivity contribution is 0.0751. The molecule has 0 spiro atoms. The molecule has 2 aromatic rings. The highest BCUT2D eigenvalue weighted by atomic mass is 35.5. The Bertz CT molecular complexity index is 751. The van der Waals surface area contributed by atoms with E-state index in [2.05, 4.69) is 22.0 Å². The number of carbonyl (C=O) groups excluding carboxylic acids is 1. The van der Waals surface area contributed by atoms with E-state index in [1.54, 1.807) is 6.07 Å². The van der Waals surface area contributed by atoms with Crippen molar-refractivity contribution in [2.45, 2.75) is 13.5 Å². The number of amides is 1. The van der Waals surface area contributed by atoms with Gasteiger partial charge in [0.15, 0.2) is 0 Å². The number of ether oxygens (including phenoxy) is 1. The molecule has 0 radical (unpaired) electrons. The van der Waals surface area contributed by atoms with Crippen LogP contribution in [0, 0.1) is 0 Å². The molecule has 1 amide bonds. The number of hydrogen-bond donors (Lipinski definition) is 0. The van der Waals surface area contributed by atoms with Crippen LogP contribution in [0.15, 0.2) is 36.5 Å². The van der Waals surface area contributed by atoms with Gasteiger partial charge in [0.25, 0.3) is 5.91 Å². The topological polar surface area (TPSA) is 45.7 Å². The second-order valence-corrected chi connectivity index (χ2v) is 6.13. The monoisotopic (exact) mass is 345 g/mol. The number of hydrogen-bond acceptors (Lipinski definition) is 4. The number of halogens is 1. The van der Waals surface area contributed by atoms with Crippen LogP contribution in [0.1, 0.15) is 22.8 Å². The average Bonchev–Trinajstić information content (AvgIpc) is 2.76. The van der Waals surface area contributed by atoms with E-state index >= 15 is 0 Å². The lowest BCUT2D eigenvalue weighted by Crippen LogP contribution is -2.34. The third kappa shape index (κ3) is 3.31. The zero-order chi connectivity index (χ0) is 17.1. The minimum atomic E-state index is -0.0717. The van der Waals surface area contributed by atoms with Gasteiger partial charge in [-0.25, -0.2) is 4.98 Å². The fourth-order valence-electron chi connectivity index (χ4n) is 2.83. The van der Waals surface area contributed by atoms with Crippen LogP contribution in [0.5, 0.6) is 5.88 Å². The van der Waals surface area contributed by atoms with Crippen molar-refractivity contribution in [3.05, 3.63) is 52.7 Å². The fourth-order valence-corrected chi connectivity index (χ4v) is 3.05. The first-order valence-electron chi connectivity index (χ1n) is 7.96. The first-order chi connectivity index (χ1) is 11.6. The van der Waals surface area contributed by atoms with Gasteiger partial charge in [-0.2, -0.15) is 0 Å². The molecule has 0 fully saturated rings. The van der Waals surface area contributed by atoms with Crippen LogP contribution in [-0.4, -0.2) is 42.5 Å². The summed E-state index contributed by atoms with van der Waals surface area (Å²) in [6.45, 7) is 4.34. The van der Waals surface area contributed by atoms with Crippen molar-refractivity contribution in [3.63, 3.8) is 0 Å². The van der Waals surface area contributed by atoms with E-state index in [0.29, 0.717) is 36.2 Å². The minimum Gasteiger partial charge on any atom is -0.477 e. The Morgan fingerprint density at radius 3 is 2.88 bits per heavy atom. The van der Waals surface area contributed by atoms with E-state index in [0.717, 1.165) is 17.8 Å². The number of benzene rings is 1. The Morgan fingerprint density at radius 2 is 2.12 bits per heavy atom. The fraction of sp³-hybridized carbons (Fsp3) is 0.333. The summed E-state index contributed by atoms with van der Waals surface area (Å²) in [4.78, 5) is 21.0. The van der Waals surface area contributed by atoms with Crippen molar-refractivity contribution >= 4 is 23.2 Å². The summed E-state index contributed by atoms with van der Waals surface area (Å²) in [6, 6.07) is 9.78. The number of carbonyl (C=O) groups is 1. The van der Waals surface area contributed by atoms with Crippen LogP contribution >= 0.6 is 11.6 Å². The number of fused-ring (bicyclic) bond motifs is 1. The van der Waals surface area contributed by atoms with Crippen molar-refractivity contribution in [2.75, 3.05) is 31.6 Å². The summed E-state index contributed by atoms with van der Waals surface area (Å²) in [6.07, 6.45) is 1.53. The Kier molecular flexibility index (Phi) is 4.90. The predicted octanol–water partition coefficient (Wildman–Crippen LogP) is 3.23. The molecule has 24 heavy (non-hydrogen) atoms. The molecule has 2 heterocycles. The first kappa shape index (κ1) is 16.6. The number of para-hydroxylation sites is 1. The van der Waals surface area contributed by atoms with Gasteiger partial charge in [0.1, 0.15) is 5.02 Å². The van der Waals surface area contributed by atoms with Gasteiger partial charge in [-0.1, -0.05) is 29.8 Å². The molecule has 0 unspecified atom stereocenters. The van der Waals surface area contributed by atoms with Crippen molar-refractivity contribution in [3.8, 4) is 5.88 Å². The SMILES string of the molecule is CCOc1ncc(C(=O)N2CCN(C)c3ccccc3C2)cc1Cl. The molecular weight excluding hydrogens is 326 g/mol. The van der Waals surface area contributed by atoms with Gasteiger partial charge in [0.2, 0.25) is 5.88 Å². The summed E-state index contributed by atoms with van der Waals surface area (Å²) in [5.41, 5.74) is 2.77. The standard InChI is InChI=1S/C18H20ClN3O2/c1-3-24-17-15(19)10-14(11-20-17)18(23)22-9-8-21(2)16-7-5-4-6-13(16)12-22/h4-7,10-11H,3,8-9,12H2,1-2H3. The van der Waals surface area contributed by atoms with Crippen LogP contribution in [-0.2, 0) is 6.54 Å². The molecule has 3 rings (SSSR count). The molecule has 1 aromatic carbocycles. The number of likely N-dealkylation sites (N-methyl/N-ethyl adjacent to an activating group) is 1. The van der Waals surface area contributed by atoms with Crippen molar-refractivity contribution in [2.24, 2.45) is 0 Å². The van der Waals surface area contributed by atoms with Gasteiger partial charge in [-0.3, -0.25) is 4.79 Å². The lowest BCUT2D eigenvalue weighted by Gasteiger charge is -2.21. The first-order valence-corrected chi connectivity index (χ1v) is 8.34. The second-order valence-electron chi connectivity index (χ2n) is 5.72. The number of pyridine rings is 1. The highest BCUT2D eigenvalue weighted by molar-refractivity contribution is 6.32. The van der Waals surface area contributed by atoms with Gasteiger partial charge in [0, 0.05) is 38.6 Å². The Labute approximate surface area is 146 Å². The highest BCUT2D eigenvalue weighted by Gasteiger charge is 2.23. The van der Waals surface area contributed by atoms with Crippen molar-refractivity contribution < 1.29 is 9.53 Å². The van der Waals surface area contributed by atoms with E-state index in [-0.39, 0.29) is 5.91 Å². The van der Waals surface area contributed by atoms with E-state index < -0.39 is 0 Å². The Morgan fingerprint density at radius 1 is 1.33 bits per heavy atom. The maximum absolute atomic E-state index is 12.9. The molecule has 0 atom stereocenters. The normalized spacial score (nSPS) is 14.1. The summed E-state index contributed by atoms with van der Waals surface area (Å²) < 4.78 is 5.32. The quantitative estimate of drug-likeness (QED) is 0.856. The molecule has 0 saturated heterocycles. The highest BCUT2D eigenvalue weighted by Crippen LogP contribution is 2.26. The lowest BCUT2D eigenvalue weighted by atomic mass is 10.1. The zero-order valence-electron chi connectivity index (χ0n) is 13.8. The summed E-state index contributed by atoms with van der Waals surface area (Å²) in [5.74, 6) is 0.286. The molecule has 0 N–H and O–H groups in total. The molecule has 1 aliphatic heterocycles. The summed E-state index contributed by atoms with van der Waals surface area (Å²) in [5, 5.41) is 0.357. The van der Waals surface area contributed by atoms with Gasteiger partial charge in [0.05, 0.1) is 12.2 Å². The van der Waals surface area contributed by atoms with E-state index in [4.69, 9.17) is 16.3 Å². The predicted molar refractivity (Wildman–Crippen MR) is 94.9 cm³/mol. The number of anilines is 1. The molecule has 1 aliphatic rings. The van der Waals surface area contributed by atoms with Gasteiger partial charge in [-0.15, -0.1) is 0 Å². The van der Waals surface area contributed by atoms with Gasteiger partial charge < -0.3 is 14.5 Å². The molecular formula is C18H20ClN3O2. The number of rotatable bonds is 3. The number of aromatic nitrogens is 1. The van der Waals surface area contributed by atoms with Crippen LogP contribution in [0.4, 0.5) is 5.69 Å². The largest absolute Gasteiger partial charge is 0.477 e. The third-order valence-electron chi connectivity index (χ3n) is 4.09. The Balaban J connectivity index is 1.84. The molecule has 5 nitrogen and oxygen atoms in total. The molecule has 6 heteroatoms. The van der Waals surface area contributed by atoms with Crippen molar-refractivity contribution in [1.82, 2.24) is 9.88 Å². The van der Waals surface area contributed by atoms with E-state index in [9.17, 15) is 4.79 Å². The van der Waals surface area contributed by atoms with E-state index in [1.807, 2.05) is 31.0 Å². The molecule has 1 aromatic heterocycles. The van der Waals surface area contributed by atoms with Crippen LogP contribution in [0.3, 0.4) is 0 Å². The third-order valence-corrected chi connectivity index (χ3v) is 4.36. The van der Waals surface area contributed by atoms with Gasteiger partial charge in [-0.05, 0) is 24.6 Å². The zero-order valence-corrected chi connectivity index (χ0v) is 14.6. The number of nitrogens with zero attached hydrogens (tertiary/aromatic N) is 3. The second kappa shape index (κ2) is 7.09. The molecule has 0 aliphatic carbocycles. The smallest absolute Gasteiger partial charge is 0.255 e. The van der Waals surface area contributed by atoms with Crippen LogP contribution < -0.4 is 9.64 Å².